The molecular formula is C17H28BrNO2. The number of aliphatic hydroxyl groups excluding tert-OH is 1. The van der Waals surface area contributed by atoms with Gasteiger partial charge in [0.05, 0.1) is 11.1 Å². The second-order valence-electron chi connectivity index (χ2n) is 6.32. The third-order valence-corrected chi connectivity index (χ3v) is 3.78. The topological polar surface area (TPSA) is 41.5 Å². The van der Waals surface area contributed by atoms with Gasteiger partial charge in [-0.25, -0.2) is 0 Å². The summed E-state index contributed by atoms with van der Waals surface area (Å²) in [6.07, 6.45) is 4.07. The SMILES string of the molecule is CC(C)(C)NCc1cccc(Br)c1OCCCCCCO. The number of rotatable bonds is 9. The molecule has 2 N–H and O–H groups in total. The van der Waals surface area contributed by atoms with Crippen molar-refractivity contribution in [3.05, 3.63) is 28.2 Å². The molecule has 0 unspecified atom stereocenters. The summed E-state index contributed by atoms with van der Waals surface area (Å²) >= 11 is 3.58. The van der Waals surface area contributed by atoms with Crippen LogP contribution in [-0.2, 0) is 6.54 Å². The molecule has 0 aliphatic carbocycles. The Morgan fingerprint density at radius 2 is 1.86 bits per heavy atom. The maximum Gasteiger partial charge on any atom is 0.137 e. The summed E-state index contributed by atoms with van der Waals surface area (Å²) in [5, 5.41) is 12.2. The Kier molecular flexibility index (Phi) is 8.30. The van der Waals surface area contributed by atoms with Crippen molar-refractivity contribution in [3.8, 4) is 5.75 Å². The van der Waals surface area contributed by atoms with E-state index < -0.39 is 0 Å². The first-order valence-electron chi connectivity index (χ1n) is 7.70. The molecular weight excluding hydrogens is 330 g/mol. The van der Waals surface area contributed by atoms with Gasteiger partial charge in [-0.15, -0.1) is 0 Å². The summed E-state index contributed by atoms with van der Waals surface area (Å²) < 4.78 is 6.97. The normalized spacial score (nSPS) is 11.7. The van der Waals surface area contributed by atoms with Crippen LogP contribution in [0.15, 0.2) is 22.7 Å². The van der Waals surface area contributed by atoms with E-state index in [1.807, 2.05) is 12.1 Å². The number of para-hydroxylation sites is 1. The summed E-state index contributed by atoms with van der Waals surface area (Å²) in [7, 11) is 0. The number of halogens is 1. The van der Waals surface area contributed by atoms with Crippen LogP contribution in [0.25, 0.3) is 0 Å². The van der Waals surface area contributed by atoms with Crippen LogP contribution in [0.2, 0.25) is 0 Å². The van der Waals surface area contributed by atoms with Crippen LogP contribution >= 0.6 is 15.9 Å². The largest absolute Gasteiger partial charge is 0.492 e. The highest BCUT2D eigenvalue weighted by Crippen LogP contribution is 2.29. The van der Waals surface area contributed by atoms with Gasteiger partial charge in [-0.1, -0.05) is 18.6 Å². The van der Waals surface area contributed by atoms with Gasteiger partial charge in [-0.3, -0.25) is 0 Å². The van der Waals surface area contributed by atoms with Crippen molar-refractivity contribution < 1.29 is 9.84 Å². The van der Waals surface area contributed by atoms with Crippen LogP contribution < -0.4 is 10.1 Å². The van der Waals surface area contributed by atoms with E-state index in [0.29, 0.717) is 0 Å². The molecule has 120 valence electrons. The minimum atomic E-state index is 0.0872. The van der Waals surface area contributed by atoms with Gasteiger partial charge in [-0.2, -0.15) is 0 Å². The quantitative estimate of drug-likeness (QED) is 0.648. The lowest BCUT2D eigenvalue weighted by Gasteiger charge is -2.22. The Morgan fingerprint density at radius 1 is 1.14 bits per heavy atom. The highest BCUT2D eigenvalue weighted by atomic mass is 79.9. The lowest BCUT2D eigenvalue weighted by atomic mass is 10.1. The number of hydrogen-bond acceptors (Lipinski definition) is 3. The van der Waals surface area contributed by atoms with E-state index in [-0.39, 0.29) is 12.1 Å². The van der Waals surface area contributed by atoms with Gasteiger partial charge in [-0.05, 0) is 62.0 Å². The van der Waals surface area contributed by atoms with E-state index in [9.17, 15) is 0 Å². The second kappa shape index (κ2) is 9.44. The lowest BCUT2D eigenvalue weighted by molar-refractivity contribution is 0.272. The summed E-state index contributed by atoms with van der Waals surface area (Å²) in [5.74, 6) is 0.941. The molecule has 21 heavy (non-hydrogen) atoms. The molecule has 0 amide bonds. The van der Waals surface area contributed by atoms with Crippen molar-refractivity contribution in [2.75, 3.05) is 13.2 Å². The molecule has 0 atom stereocenters. The highest BCUT2D eigenvalue weighted by molar-refractivity contribution is 9.10. The van der Waals surface area contributed by atoms with Crippen molar-refractivity contribution in [3.63, 3.8) is 0 Å². The molecule has 0 fully saturated rings. The van der Waals surface area contributed by atoms with Gasteiger partial charge < -0.3 is 15.2 Å². The second-order valence-corrected chi connectivity index (χ2v) is 7.17. The fraction of sp³-hybridized carbons (Fsp3) is 0.647. The average molecular weight is 358 g/mol. The molecule has 0 spiro atoms. The Bertz CT molecular complexity index is 416. The van der Waals surface area contributed by atoms with Crippen LogP contribution in [-0.4, -0.2) is 23.9 Å². The van der Waals surface area contributed by atoms with Crippen molar-refractivity contribution in [2.24, 2.45) is 0 Å². The van der Waals surface area contributed by atoms with Crippen LogP contribution in [0.3, 0.4) is 0 Å². The third-order valence-electron chi connectivity index (χ3n) is 3.16. The fourth-order valence-electron chi connectivity index (χ4n) is 1.96. The molecule has 0 radical (unpaired) electrons. The predicted octanol–water partition coefficient (Wildman–Crippen LogP) is 4.27. The van der Waals surface area contributed by atoms with Crippen LogP contribution in [0, 0.1) is 0 Å². The molecule has 0 heterocycles. The maximum absolute atomic E-state index is 8.75. The lowest BCUT2D eigenvalue weighted by Crippen LogP contribution is -2.35. The van der Waals surface area contributed by atoms with Crippen LogP contribution in [0.1, 0.15) is 52.0 Å². The Hall–Kier alpha value is -0.580. The van der Waals surface area contributed by atoms with Crippen molar-refractivity contribution in [1.82, 2.24) is 5.32 Å². The summed E-state index contributed by atoms with van der Waals surface area (Å²) in [6, 6.07) is 6.16. The molecule has 0 saturated carbocycles. The van der Waals surface area contributed by atoms with Gasteiger partial charge in [0.2, 0.25) is 0 Å². The maximum atomic E-state index is 8.75. The van der Waals surface area contributed by atoms with E-state index in [0.717, 1.165) is 49.1 Å². The first-order valence-corrected chi connectivity index (χ1v) is 8.49. The average Bonchev–Trinajstić information content (AvgIpc) is 2.41. The monoisotopic (exact) mass is 357 g/mol. The van der Waals surface area contributed by atoms with Gasteiger partial charge in [0, 0.05) is 24.3 Å². The highest BCUT2D eigenvalue weighted by Gasteiger charge is 2.12. The van der Waals surface area contributed by atoms with E-state index in [2.05, 4.69) is 48.1 Å². The molecule has 3 nitrogen and oxygen atoms in total. The zero-order chi connectivity index (χ0) is 15.7. The number of hydrogen-bond donors (Lipinski definition) is 2. The molecule has 0 aliphatic heterocycles. The zero-order valence-corrected chi connectivity index (χ0v) is 15.0. The fourth-order valence-corrected chi connectivity index (χ4v) is 2.48. The van der Waals surface area contributed by atoms with Crippen molar-refractivity contribution in [2.45, 2.75) is 58.5 Å². The number of ether oxygens (including phenoxy) is 1. The third kappa shape index (κ3) is 7.84. The zero-order valence-electron chi connectivity index (χ0n) is 13.4. The first-order chi connectivity index (χ1) is 9.94. The molecule has 4 heteroatoms. The van der Waals surface area contributed by atoms with Crippen LogP contribution in [0.5, 0.6) is 5.75 Å². The molecule has 0 saturated heterocycles. The van der Waals surface area contributed by atoms with Crippen molar-refractivity contribution >= 4 is 15.9 Å². The minimum absolute atomic E-state index is 0.0872. The van der Waals surface area contributed by atoms with Gasteiger partial charge in [0.25, 0.3) is 0 Å². The minimum Gasteiger partial charge on any atom is -0.492 e. The summed E-state index contributed by atoms with van der Waals surface area (Å²) in [6.45, 7) is 8.28. The van der Waals surface area contributed by atoms with Crippen molar-refractivity contribution in [1.29, 1.82) is 0 Å². The van der Waals surface area contributed by atoms with E-state index in [1.165, 1.54) is 5.56 Å². The van der Waals surface area contributed by atoms with E-state index >= 15 is 0 Å². The molecule has 1 aromatic rings. The molecule has 0 aliphatic rings. The standard InChI is InChI=1S/C17H28BrNO2/c1-17(2,3)19-13-14-9-8-10-15(18)16(14)21-12-7-5-4-6-11-20/h8-10,19-20H,4-7,11-13H2,1-3H3. The number of benzene rings is 1. The smallest absolute Gasteiger partial charge is 0.137 e. The molecule has 1 aromatic carbocycles. The van der Waals surface area contributed by atoms with Crippen LogP contribution in [0.4, 0.5) is 0 Å². The van der Waals surface area contributed by atoms with E-state index in [1.54, 1.807) is 0 Å². The molecule has 1 rings (SSSR count). The number of unbranched alkanes of at least 4 members (excludes halogenated alkanes) is 3. The Morgan fingerprint density at radius 3 is 2.52 bits per heavy atom. The number of nitrogens with one attached hydrogen (secondary N) is 1. The Balaban J connectivity index is 2.51. The molecule has 0 bridgehead atoms. The predicted molar refractivity (Wildman–Crippen MR) is 91.8 cm³/mol. The summed E-state index contributed by atoms with van der Waals surface area (Å²) in [5.41, 5.74) is 1.26. The van der Waals surface area contributed by atoms with E-state index in [4.69, 9.17) is 9.84 Å². The first kappa shape index (κ1) is 18.5. The number of aliphatic hydroxyl groups is 1. The van der Waals surface area contributed by atoms with Gasteiger partial charge in [0.15, 0.2) is 0 Å². The Labute approximate surface area is 137 Å². The summed E-state index contributed by atoms with van der Waals surface area (Å²) in [4.78, 5) is 0. The molecule has 0 aromatic heterocycles. The van der Waals surface area contributed by atoms with Gasteiger partial charge >= 0.3 is 0 Å². The van der Waals surface area contributed by atoms with Gasteiger partial charge in [0.1, 0.15) is 5.75 Å².